The van der Waals surface area contributed by atoms with Gasteiger partial charge in [-0.25, -0.2) is 9.97 Å². The van der Waals surface area contributed by atoms with Crippen molar-refractivity contribution in [3.63, 3.8) is 0 Å². The molecule has 0 spiro atoms. The van der Waals surface area contributed by atoms with Crippen LogP contribution in [0.3, 0.4) is 0 Å². The third-order valence-electron chi connectivity index (χ3n) is 2.75. The molecule has 0 unspecified atom stereocenters. The standard InChI is InChI=1S/C15H19N5O/c1-11(2)6-20-15(21)13-9-19-14(10-17-13)18-8-12-4-3-5-16-7-12/h3-5,7,9-11H,6,8H2,1-2H3,(H,18,19)(H,20,21). The van der Waals surface area contributed by atoms with Crippen LogP contribution in [0, 0.1) is 5.92 Å². The number of anilines is 1. The summed E-state index contributed by atoms with van der Waals surface area (Å²) in [6, 6.07) is 3.85. The highest BCUT2D eigenvalue weighted by atomic mass is 16.1. The van der Waals surface area contributed by atoms with E-state index in [1.807, 2.05) is 26.0 Å². The van der Waals surface area contributed by atoms with Gasteiger partial charge in [0.15, 0.2) is 0 Å². The summed E-state index contributed by atoms with van der Waals surface area (Å²) in [6.45, 7) is 5.32. The first-order valence-electron chi connectivity index (χ1n) is 6.88. The zero-order valence-corrected chi connectivity index (χ0v) is 12.2. The van der Waals surface area contributed by atoms with Crippen molar-refractivity contribution in [1.29, 1.82) is 0 Å². The Hall–Kier alpha value is -2.50. The lowest BCUT2D eigenvalue weighted by molar-refractivity contribution is 0.0943. The molecule has 1 amide bonds. The Kier molecular flexibility index (Phi) is 5.20. The normalized spacial score (nSPS) is 10.4. The smallest absolute Gasteiger partial charge is 0.271 e. The van der Waals surface area contributed by atoms with Crippen molar-refractivity contribution in [2.75, 3.05) is 11.9 Å². The highest BCUT2D eigenvalue weighted by Gasteiger charge is 2.08. The molecule has 6 heteroatoms. The van der Waals surface area contributed by atoms with E-state index in [1.54, 1.807) is 18.6 Å². The molecular formula is C15H19N5O. The van der Waals surface area contributed by atoms with Gasteiger partial charge in [0.25, 0.3) is 5.91 Å². The van der Waals surface area contributed by atoms with Crippen LogP contribution in [0.1, 0.15) is 29.9 Å². The predicted molar refractivity (Wildman–Crippen MR) is 80.8 cm³/mol. The van der Waals surface area contributed by atoms with Crippen LogP contribution in [0.4, 0.5) is 5.82 Å². The molecule has 2 N–H and O–H groups in total. The van der Waals surface area contributed by atoms with Gasteiger partial charge in [-0.05, 0) is 17.5 Å². The largest absolute Gasteiger partial charge is 0.365 e. The fourth-order valence-corrected chi connectivity index (χ4v) is 1.62. The van der Waals surface area contributed by atoms with Gasteiger partial charge in [-0.2, -0.15) is 0 Å². The summed E-state index contributed by atoms with van der Waals surface area (Å²) in [6.07, 6.45) is 6.55. The van der Waals surface area contributed by atoms with Gasteiger partial charge in [0.05, 0.1) is 12.4 Å². The summed E-state index contributed by atoms with van der Waals surface area (Å²) in [7, 11) is 0. The Balaban J connectivity index is 1.88. The van der Waals surface area contributed by atoms with Gasteiger partial charge in [0.2, 0.25) is 0 Å². The Morgan fingerprint density at radius 3 is 2.71 bits per heavy atom. The monoisotopic (exact) mass is 285 g/mol. The van der Waals surface area contributed by atoms with Crippen molar-refractivity contribution >= 4 is 11.7 Å². The van der Waals surface area contributed by atoms with E-state index in [4.69, 9.17) is 0 Å². The number of carbonyl (C=O) groups excluding carboxylic acids is 1. The van der Waals surface area contributed by atoms with Crippen LogP contribution in [-0.2, 0) is 6.54 Å². The molecule has 6 nitrogen and oxygen atoms in total. The number of nitrogens with zero attached hydrogens (tertiary/aromatic N) is 3. The van der Waals surface area contributed by atoms with Crippen LogP contribution >= 0.6 is 0 Å². The molecule has 21 heavy (non-hydrogen) atoms. The Morgan fingerprint density at radius 2 is 2.10 bits per heavy atom. The number of amides is 1. The molecule has 110 valence electrons. The average molecular weight is 285 g/mol. The molecule has 2 heterocycles. The molecule has 0 atom stereocenters. The summed E-state index contributed by atoms with van der Waals surface area (Å²) in [5.41, 5.74) is 1.38. The molecule has 0 saturated heterocycles. The summed E-state index contributed by atoms with van der Waals surface area (Å²) < 4.78 is 0. The maximum atomic E-state index is 11.8. The van der Waals surface area contributed by atoms with E-state index < -0.39 is 0 Å². The molecule has 0 saturated carbocycles. The lowest BCUT2D eigenvalue weighted by atomic mass is 10.2. The van der Waals surface area contributed by atoms with Crippen molar-refractivity contribution in [2.45, 2.75) is 20.4 Å². The van der Waals surface area contributed by atoms with E-state index in [0.717, 1.165) is 5.56 Å². The van der Waals surface area contributed by atoms with Gasteiger partial charge in [0.1, 0.15) is 11.5 Å². The van der Waals surface area contributed by atoms with Crippen LogP contribution in [-0.4, -0.2) is 27.4 Å². The van der Waals surface area contributed by atoms with E-state index in [0.29, 0.717) is 30.5 Å². The fraction of sp³-hybridized carbons (Fsp3) is 0.333. The minimum Gasteiger partial charge on any atom is -0.365 e. The molecular weight excluding hydrogens is 266 g/mol. The van der Waals surface area contributed by atoms with Gasteiger partial charge >= 0.3 is 0 Å². The Morgan fingerprint density at radius 1 is 1.24 bits per heavy atom. The van der Waals surface area contributed by atoms with Crippen LogP contribution < -0.4 is 10.6 Å². The van der Waals surface area contributed by atoms with Crippen molar-refractivity contribution in [1.82, 2.24) is 20.3 Å². The quantitative estimate of drug-likeness (QED) is 0.847. The van der Waals surface area contributed by atoms with E-state index in [-0.39, 0.29) is 5.91 Å². The second kappa shape index (κ2) is 7.33. The SMILES string of the molecule is CC(C)CNC(=O)c1cnc(NCc2cccnc2)cn1. The second-order valence-corrected chi connectivity index (χ2v) is 5.11. The molecule has 0 radical (unpaired) electrons. The summed E-state index contributed by atoms with van der Waals surface area (Å²) in [4.78, 5) is 24.1. The number of rotatable bonds is 6. The maximum Gasteiger partial charge on any atom is 0.271 e. The van der Waals surface area contributed by atoms with E-state index in [1.165, 1.54) is 6.20 Å². The molecule has 0 aliphatic heterocycles. The highest BCUT2D eigenvalue weighted by molar-refractivity contribution is 5.91. The minimum atomic E-state index is -0.199. The molecule has 0 bridgehead atoms. The highest BCUT2D eigenvalue weighted by Crippen LogP contribution is 2.04. The van der Waals surface area contributed by atoms with Crippen molar-refractivity contribution in [3.05, 3.63) is 48.2 Å². The number of hydrogen-bond donors (Lipinski definition) is 2. The van der Waals surface area contributed by atoms with Crippen molar-refractivity contribution in [3.8, 4) is 0 Å². The van der Waals surface area contributed by atoms with Crippen LogP contribution in [0.2, 0.25) is 0 Å². The summed E-state index contributed by atoms with van der Waals surface area (Å²) in [5, 5.41) is 5.94. The molecule has 0 aromatic carbocycles. The average Bonchev–Trinajstić information content (AvgIpc) is 2.52. The first-order valence-corrected chi connectivity index (χ1v) is 6.88. The molecule has 2 aromatic rings. The number of hydrogen-bond acceptors (Lipinski definition) is 5. The predicted octanol–water partition coefficient (Wildman–Crippen LogP) is 1.87. The minimum absolute atomic E-state index is 0.199. The third kappa shape index (κ3) is 4.83. The first kappa shape index (κ1) is 14.9. The number of pyridine rings is 1. The molecule has 0 fully saturated rings. The zero-order chi connectivity index (χ0) is 15.1. The van der Waals surface area contributed by atoms with Crippen LogP contribution in [0.5, 0.6) is 0 Å². The van der Waals surface area contributed by atoms with Gasteiger partial charge in [-0.15, -0.1) is 0 Å². The number of nitrogens with one attached hydrogen (secondary N) is 2. The summed E-state index contributed by atoms with van der Waals surface area (Å²) >= 11 is 0. The molecule has 2 aromatic heterocycles. The van der Waals surface area contributed by atoms with E-state index in [2.05, 4.69) is 25.6 Å². The summed E-state index contributed by atoms with van der Waals surface area (Å²) in [5.74, 6) is 0.830. The van der Waals surface area contributed by atoms with Crippen LogP contribution in [0.15, 0.2) is 36.9 Å². The second-order valence-electron chi connectivity index (χ2n) is 5.11. The lowest BCUT2D eigenvalue weighted by Gasteiger charge is -2.08. The maximum absolute atomic E-state index is 11.8. The van der Waals surface area contributed by atoms with Crippen molar-refractivity contribution < 1.29 is 4.79 Å². The van der Waals surface area contributed by atoms with E-state index >= 15 is 0 Å². The third-order valence-corrected chi connectivity index (χ3v) is 2.75. The van der Waals surface area contributed by atoms with E-state index in [9.17, 15) is 4.79 Å². The van der Waals surface area contributed by atoms with Gasteiger partial charge in [0, 0.05) is 25.5 Å². The Labute approximate surface area is 124 Å². The van der Waals surface area contributed by atoms with Crippen LogP contribution in [0.25, 0.3) is 0 Å². The van der Waals surface area contributed by atoms with Gasteiger partial charge < -0.3 is 10.6 Å². The zero-order valence-electron chi connectivity index (χ0n) is 12.2. The van der Waals surface area contributed by atoms with Crippen molar-refractivity contribution in [2.24, 2.45) is 5.92 Å². The molecule has 0 aliphatic rings. The topological polar surface area (TPSA) is 79.8 Å². The first-order chi connectivity index (χ1) is 10.1. The Bertz CT molecular complexity index is 568. The molecule has 2 rings (SSSR count). The van der Waals surface area contributed by atoms with Gasteiger partial charge in [-0.3, -0.25) is 9.78 Å². The molecule has 0 aliphatic carbocycles. The fourth-order valence-electron chi connectivity index (χ4n) is 1.62. The lowest BCUT2D eigenvalue weighted by Crippen LogP contribution is -2.28. The number of aromatic nitrogens is 3. The van der Waals surface area contributed by atoms with Gasteiger partial charge in [-0.1, -0.05) is 19.9 Å². The number of carbonyl (C=O) groups is 1.